The van der Waals surface area contributed by atoms with Crippen LogP contribution in [0.3, 0.4) is 0 Å². The summed E-state index contributed by atoms with van der Waals surface area (Å²) in [6.07, 6.45) is 3.75. The van der Waals surface area contributed by atoms with E-state index in [0.717, 1.165) is 55.5 Å². The Balaban J connectivity index is 1.28. The second-order valence-corrected chi connectivity index (χ2v) is 14.7. The van der Waals surface area contributed by atoms with Crippen molar-refractivity contribution in [3.8, 4) is 39.7 Å². The standard InChI is InChI=1S/C43H38N4O2/c1-42(2,3)30-19-21-45-39(25-30)47-36-15-11-10-14-32(36)33-17-16-31(26-37(33)47)48-38-24-29(23-35-40(38)49-41(46-35)43(4,5)6)34-22-28(18-20-44-34)27-12-8-7-9-13-27/h7-26H,1-6H3. The average Bonchev–Trinajstić information content (AvgIpc) is 3.68. The molecule has 0 atom stereocenters. The molecule has 4 aromatic carbocycles. The van der Waals surface area contributed by atoms with E-state index in [2.05, 4.69) is 113 Å². The molecule has 6 nitrogen and oxygen atoms in total. The van der Waals surface area contributed by atoms with Gasteiger partial charge in [-0.1, -0.05) is 90.1 Å². The third kappa shape index (κ3) is 5.63. The van der Waals surface area contributed by atoms with Crippen LogP contribution in [0.15, 0.2) is 126 Å². The van der Waals surface area contributed by atoms with Gasteiger partial charge in [-0.2, -0.15) is 0 Å². The molecule has 6 heteroatoms. The monoisotopic (exact) mass is 642 g/mol. The highest BCUT2D eigenvalue weighted by Crippen LogP contribution is 2.40. The number of hydrogen-bond donors (Lipinski definition) is 0. The molecule has 0 bridgehead atoms. The smallest absolute Gasteiger partial charge is 0.201 e. The van der Waals surface area contributed by atoms with Crippen molar-refractivity contribution >= 4 is 32.9 Å². The topological polar surface area (TPSA) is 66.0 Å². The minimum atomic E-state index is -0.281. The van der Waals surface area contributed by atoms with Crippen molar-refractivity contribution in [1.82, 2.24) is 19.5 Å². The summed E-state index contributed by atoms with van der Waals surface area (Å²) >= 11 is 0. The van der Waals surface area contributed by atoms with Gasteiger partial charge in [0.1, 0.15) is 17.1 Å². The number of rotatable bonds is 5. The number of fused-ring (bicyclic) bond motifs is 4. The molecule has 242 valence electrons. The lowest BCUT2D eigenvalue weighted by atomic mass is 9.88. The first-order chi connectivity index (χ1) is 23.5. The van der Waals surface area contributed by atoms with Gasteiger partial charge in [-0.25, -0.2) is 9.97 Å². The van der Waals surface area contributed by atoms with Crippen molar-refractivity contribution in [2.75, 3.05) is 0 Å². The fourth-order valence-corrected chi connectivity index (χ4v) is 6.34. The average molecular weight is 643 g/mol. The maximum absolute atomic E-state index is 6.77. The van der Waals surface area contributed by atoms with E-state index in [0.29, 0.717) is 23.0 Å². The lowest BCUT2D eigenvalue weighted by Gasteiger charge is -2.20. The summed E-state index contributed by atoms with van der Waals surface area (Å²) < 4.78 is 15.4. The number of pyridine rings is 2. The van der Waals surface area contributed by atoms with E-state index in [-0.39, 0.29) is 10.8 Å². The Morgan fingerprint density at radius 2 is 1.37 bits per heavy atom. The number of para-hydroxylation sites is 1. The zero-order chi connectivity index (χ0) is 33.9. The van der Waals surface area contributed by atoms with Crippen molar-refractivity contribution in [2.45, 2.75) is 52.4 Å². The molecule has 0 unspecified atom stereocenters. The Morgan fingerprint density at radius 3 is 2.16 bits per heavy atom. The Hall–Kier alpha value is -5.75. The molecule has 49 heavy (non-hydrogen) atoms. The van der Waals surface area contributed by atoms with E-state index in [1.54, 1.807) is 0 Å². The van der Waals surface area contributed by atoms with Crippen molar-refractivity contribution in [1.29, 1.82) is 0 Å². The molecule has 0 aliphatic heterocycles. The summed E-state index contributed by atoms with van der Waals surface area (Å²) in [4.78, 5) is 14.5. The number of benzene rings is 4. The number of hydrogen-bond acceptors (Lipinski definition) is 5. The zero-order valence-corrected chi connectivity index (χ0v) is 28.7. The highest BCUT2D eigenvalue weighted by atomic mass is 16.5. The lowest BCUT2D eigenvalue weighted by Crippen LogP contribution is -2.12. The maximum Gasteiger partial charge on any atom is 0.201 e. The van der Waals surface area contributed by atoms with E-state index in [4.69, 9.17) is 24.1 Å². The largest absolute Gasteiger partial charge is 0.453 e. The van der Waals surface area contributed by atoms with E-state index in [1.807, 2.05) is 54.9 Å². The predicted octanol–water partition coefficient (Wildman–Crippen LogP) is 11.4. The van der Waals surface area contributed by atoms with Crippen LogP contribution in [0.4, 0.5) is 0 Å². The Labute approximate surface area is 286 Å². The molecular weight excluding hydrogens is 604 g/mol. The molecule has 8 aromatic rings. The number of ether oxygens (including phenoxy) is 1. The van der Waals surface area contributed by atoms with Gasteiger partial charge < -0.3 is 9.15 Å². The Bertz CT molecular complexity index is 2490. The summed E-state index contributed by atoms with van der Waals surface area (Å²) in [5.41, 5.74) is 8.30. The first-order valence-corrected chi connectivity index (χ1v) is 16.7. The third-order valence-electron chi connectivity index (χ3n) is 8.97. The fourth-order valence-electron chi connectivity index (χ4n) is 6.34. The van der Waals surface area contributed by atoms with Gasteiger partial charge in [0.05, 0.1) is 16.7 Å². The van der Waals surface area contributed by atoms with Gasteiger partial charge in [0, 0.05) is 40.2 Å². The maximum atomic E-state index is 6.77. The van der Waals surface area contributed by atoms with Crippen LogP contribution in [-0.2, 0) is 10.8 Å². The van der Waals surface area contributed by atoms with E-state index < -0.39 is 0 Å². The van der Waals surface area contributed by atoms with E-state index in [1.165, 1.54) is 5.56 Å². The van der Waals surface area contributed by atoms with Crippen LogP contribution in [0.2, 0.25) is 0 Å². The van der Waals surface area contributed by atoms with Gasteiger partial charge in [-0.3, -0.25) is 9.55 Å². The van der Waals surface area contributed by atoms with Crippen LogP contribution in [0.1, 0.15) is 53.0 Å². The summed E-state index contributed by atoms with van der Waals surface area (Å²) in [6, 6.07) is 37.5. The highest BCUT2D eigenvalue weighted by Gasteiger charge is 2.24. The van der Waals surface area contributed by atoms with Crippen molar-refractivity contribution in [3.05, 3.63) is 133 Å². The summed E-state index contributed by atoms with van der Waals surface area (Å²) in [6.45, 7) is 13.0. The molecule has 0 radical (unpaired) electrons. The van der Waals surface area contributed by atoms with Crippen molar-refractivity contribution in [3.63, 3.8) is 0 Å². The van der Waals surface area contributed by atoms with Crippen molar-refractivity contribution < 1.29 is 9.15 Å². The van der Waals surface area contributed by atoms with E-state index in [9.17, 15) is 0 Å². The SMILES string of the molecule is CC(C)(C)c1ccnc(-n2c3ccccc3c3ccc(Oc4cc(-c5cc(-c6ccccc6)ccn5)cc5nc(C(C)(C)C)oc45)cc32)c1. The minimum Gasteiger partial charge on any atom is -0.453 e. The van der Waals surface area contributed by atoms with Crippen molar-refractivity contribution in [2.24, 2.45) is 0 Å². The second-order valence-electron chi connectivity index (χ2n) is 14.7. The molecule has 0 spiro atoms. The number of oxazole rings is 1. The molecule has 4 heterocycles. The van der Waals surface area contributed by atoms with Gasteiger partial charge >= 0.3 is 0 Å². The molecule has 0 saturated carbocycles. The van der Waals surface area contributed by atoms with Crippen LogP contribution in [0.25, 0.3) is 61.1 Å². The molecule has 0 N–H and O–H groups in total. The first-order valence-electron chi connectivity index (χ1n) is 16.7. The molecule has 0 amide bonds. The third-order valence-corrected chi connectivity index (χ3v) is 8.97. The van der Waals surface area contributed by atoms with Crippen LogP contribution >= 0.6 is 0 Å². The molecule has 0 fully saturated rings. The number of aromatic nitrogens is 4. The molecule has 0 aliphatic rings. The van der Waals surface area contributed by atoms with Gasteiger partial charge in [-0.05, 0) is 76.7 Å². The predicted molar refractivity (Wildman–Crippen MR) is 199 cm³/mol. The molecule has 4 aromatic heterocycles. The van der Waals surface area contributed by atoms with Gasteiger partial charge in [0.25, 0.3) is 0 Å². The minimum absolute atomic E-state index is 0.0143. The van der Waals surface area contributed by atoms with Crippen LogP contribution in [0.5, 0.6) is 11.5 Å². The van der Waals surface area contributed by atoms with Gasteiger partial charge in [-0.15, -0.1) is 0 Å². The highest BCUT2D eigenvalue weighted by molar-refractivity contribution is 6.09. The van der Waals surface area contributed by atoms with E-state index >= 15 is 0 Å². The van der Waals surface area contributed by atoms with Crippen LogP contribution in [0, 0.1) is 0 Å². The Morgan fingerprint density at radius 1 is 0.612 bits per heavy atom. The fraction of sp³-hybridized carbons (Fsp3) is 0.186. The lowest BCUT2D eigenvalue weighted by molar-refractivity contribution is 0.401. The van der Waals surface area contributed by atoms with Crippen LogP contribution in [-0.4, -0.2) is 19.5 Å². The van der Waals surface area contributed by atoms with Crippen LogP contribution < -0.4 is 4.74 Å². The second kappa shape index (κ2) is 11.4. The van der Waals surface area contributed by atoms with Gasteiger partial charge in [0.15, 0.2) is 11.3 Å². The van der Waals surface area contributed by atoms with Gasteiger partial charge in [0.2, 0.25) is 5.89 Å². The Kier molecular flexibility index (Phi) is 7.14. The zero-order valence-electron chi connectivity index (χ0n) is 28.7. The normalized spacial score (nSPS) is 12.3. The number of nitrogens with zero attached hydrogens (tertiary/aromatic N) is 4. The summed E-state index contributed by atoms with van der Waals surface area (Å²) in [5, 5.41) is 2.28. The molecule has 8 rings (SSSR count). The first kappa shape index (κ1) is 30.6. The summed E-state index contributed by atoms with van der Waals surface area (Å²) in [7, 11) is 0. The molecule has 0 saturated heterocycles. The summed E-state index contributed by atoms with van der Waals surface area (Å²) in [5.74, 6) is 2.78. The molecular formula is C43H38N4O2. The quantitative estimate of drug-likeness (QED) is 0.187. The molecule has 0 aliphatic carbocycles.